The fraction of sp³-hybridized carbons (Fsp3) is 0.500. The Morgan fingerprint density at radius 2 is 1.25 bits per heavy atom. The Labute approximate surface area is 439 Å². The number of anilines is 5. The lowest BCUT2D eigenvalue weighted by atomic mass is 9.35. The van der Waals surface area contributed by atoms with Crippen molar-refractivity contribution in [2.24, 2.45) is 11.3 Å². The van der Waals surface area contributed by atoms with E-state index in [-0.39, 0.29) is 39.2 Å². The molecule has 0 fully saturated rings. The van der Waals surface area contributed by atoms with Gasteiger partial charge in [0.05, 0.1) is 5.69 Å². The van der Waals surface area contributed by atoms with Crippen molar-refractivity contribution in [2.45, 2.75) is 207 Å². The van der Waals surface area contributed by atoms with Crippen LogP contribution in [0.25, 0.3) is 10.1 Å². The molecule has 0 radical (unpaired) electrons. The van der Waals surface area contributed by atoms with Crippen molar-refractivity contribution >= 4 is 72.3 Å². The SMILES string of the molecule is CC1CCC(C)c2cc3c4c(sc3cc21)B1c2cc3c(cc2N(C2=C(C5=CC=CCC5)CC(C(C)(C)C)C=C2)c2cc(C(C)(C)C)cc(c21)N4c1ccc2c(c1)C(C)(C)CCC2(C)C)C(C)(C)CCC3(C)C. The van der Waals surface area contributed by atoms with Crippen LogP contribution in [0.4, 0.5) is 28.4 Å². The van der Waals surface area contributed by atoms with Crippen LogP contribution in [0.15, 0.2) is 102 Å². The minimum Gasteiger partial charge on any atom is -0.311 e. The highest BCUT2D eigenvalue weighted by molar-refractivity contribution is 7.33. The summed E-state index contributed by atoms with van der Waals surface area (Å²) in [6.45, 7) is 39.8. The van der Waals surface area contributed by atoms with Gasteiger partial charge in [-0.2, -0.15) is 0 Å². The molecule has 5 aliphatic carbocycles. The van der Waals surface area contributed by atoms with E-state index in [0.29, 0.717) is 17.8 Å². The van der Waals surface area contributed by atoms with E-state index in [0.717, 1.165) is 19.3 Å². The van der Waals surface area contributed by atoms with Crippen molar-refractivity contribution in [1.82, 2.24) is 0 Å². The number of allylic oxidation sites excluding steroid dienone is 7. The van der Waals surface area contributed by atoms with E-state index >= 15 is 0 Å². The summed E-state index contributed by atoms with van der Waals surface area (Å²) < 4.78 is 2.96. The van der Waals surface area contributed by atoms with Crippen LogP contribution in [0.2, 0.25) is 0 Å². The van der Waals surface area contributed by atoms with Gasteiger partial charge in [0.15, 0.2) is 0 Å². The van der Waals surface area contributed by atoms with Crippen LogP contribution in [0.1, 0.15) is 219 Å². The smallest absolute Gasteiger partial charge is 0.264 e. The second-order valence-electron chi connectivity index (χ2n) is 28.7. The van der Waals surface area contributed by atoms with Crippen LogP contribution in [0, 0.1) is 11.3 Å². The highest BCUT2D eigenvalue weighted by Crippen LogP contribution is 2.56. The van der Waals surface area contributed by atoms with E-state index in [4.69, 9.17) is 0 Å². The Morgan fingerprint density at radius 1 is 0.653 bits per heavy atom. The Balaban J connectivity index is 1.24. The quantitative estimate of drug-likeness (QED) is 0.163. The van der Waals surface area contributed by atoms with Gasteiger partial charge < -0.3 is 9.80 Å². The molecule has 4 heteroatoms. The second-order valence-corrected chi connectivity index (χ2v) is 29.8. The first-order valence-corrected chi connectivity index (χ1v) is 29.1. The summed E-state index contributed by atoms with van der Waals surface area (Å²) in [5, 5.41) is 1.44. The summed E-state index contributed by atoms with van der Waals surface area (Å²) in [7, 11) is 0. The predicted molar refractivity (Wildman–Crippen MR) is 315 cm³/mol. The number of rotatable bonds is 3. The van der Waals surface area contributed by atoms with E-state index < -0.39 is 0 Å². The molecule has 2 nitrogen and oxygen atoms in total. The minimum atomic E-state index is -0.0996. The van der Waals surface area contributed by atoms with Crippen molar-refractivity contribution in [1.29, 1.82) is 0 Å². The number of benzene rings is 4. The van der Waals surface area contributed by atoms with E-state index in [2.05, 4.69) is 217 Å². The third kappa shape index (κ3) is 7.34. The summed E-state index contributed by atoms with van der Waals surface area (Å²) in [6, 6.07) is 23.9. The molecule has 0 amide bonds. The molecule has 2 aliphatic heterocycles. The number of fused-ring (bicyclic) bond motifs is 9. The fourth-order valence-corrected chi connectivity index (χ4v) is 16.0. The van der Waals surface area contributed by atoms with Gasteiger partial charge >= 0.3 is 0 Å². The van der Waals surface area contributed by atoms with Crippen LogP contribution in [0.5, 0.6) is 0 Å². The van der Waals surface area contributed by atoms with Crippen LogP contribution in [0.3, 0.4) is 0 Å². The van der Waals surface area contributed by atoms with Crippen molar-refractivity contribution in [3.63, 3.8) is 0 Å². The average molecular weight is 971 g/mol. The molecule has 1 aromatic heterocycles. The summed E-state index contributed by atoms with van der Waals surface area (Å²) >= 11 is 2.11. The van der Waals surface area contributed by atoms with Crippen molar-refractivity contribution < 1.29 is 0 Å². The van der Waals surface area contributed by atoms with Crippen LogP contribution < -0.4 is 25.5 Å². The van der Waals surface area contributed by atoms with Gasteiger partial charge in [0, 0.05) is 43.3 Å². The zero-order valence-corrected chi connectivity index (χ0v) is 47.9. The number of hydrogen-bond donors (Lipinski definition) is 0. The first kappa shape index (κ1) is 48.4. The second kappa shape index (κ2) is 16.0. The first-order chi connectivity index (χ1) is 33.7. The van der Waals surface area contributed by atoms with Crippen LogP contribution >= 0.6 is 11.3 Å². The maximum atomic E-state index is 2.83. The minimum absolute atomic E-state index is 0.0608. The molecule has 7 aliphatic rings. The maximum absolute atomic E-state index is 2.83. The monoisotopic (exact) mass is 971 g/mol. The summed E-state index contributed by atoms with van der Waals surface area (Å²) in [6.07, 6.45) is 22.8. The topological polar surface area (TPSA) is 6.48 Å². The van der Waals surface area contributed by atoms with Gasteiger partial charge in [-0.25, -0.2) is 0 Å². The lowest BCUT2D eigenvalue weighted by Crippen LogP contribution is -2.61. The Morgan fingerprint density at radius 3 is 1.86 bits per heavy atom. The average Bonchev–Trinajstić information content (AvgIpc) is 3.69. The standard InChI is InChI=1S/C68H83BN2S/c1-40-22-23-41(2)47-37-59-49(36-46(40)47)61-62(72-59)69-54-38-52-53(68(15,16)31-30-67(52,13)14)39-56(54)71(55-27-24-43(63(3,4)5)32-48(55)42-20-18-17-19-21-42)58-34-44(64(6,7)8)33-57(60(58)69)70(61)45-25-26-50-51(35-45)66(11,12)29-28-65(50,9)10/h17-18,20,24-27,33-41,43H,19,21-23,28-32H2,1-16H3. The van der Waals surface area contributed by atoms with E-state index in [1.54, 1.807) is 16.7 Å². The molecule has 3 atom stereocenters. The first-order valence-electron chi connectivity index (χ1n) is 28.3. The van der Waals surface area contributed by atoms with Crippen molar-refractivity contribution in [3.05, 3.63) is 141 Å². The molecule has 12 rings (SSSR count). The predicted octanol–water partition coefficient (Wildman–Crippen LogP) is 17.8. The summed E-state index contributed by atoms with van der Waals surface area (Å²) in [4.78, 5) is 5.64. The molecule has 72 heavy (non-hydrogen) atoms. The van der Waals surface area contributed by atoms with E-state index in [1.165, 1.54) is 132 Å². The Bertz CT molecular complexity index is 3250. The van der Waals surface area contributed by atoms with Gasteiger partial charge in [-0.15, -0.1) is 11.3 Å². The van der Waals surface area contributed by atoms with Gasteiger partial charge in [-0.1, -0.05) is 147 Å². The number of hydrogen-bond acceptors (Lipinski definition) is 3. The van der Waals surface area contributed by atoms with Gasteiger partial charge in [0.2, 0.25) is 0 Å². The highest BCUT2D eigenvalue weighted by Gasteiger charge is 2.50. The molecular weight excluding hydrogens is 888 g/mol. The van der Waals surface area contributed by atoms with E-state index in [1.807, 2.05) is 0 Å². The van der Waals surface area contributed by atoms with Crippen LogP contribution in [-0.2, 0) is 27.1 Å². The lowest BCUT2D eigenvalue weighted by Gasteiger charge is -2.48. The normalized spacial score (nSPS) is 24.3. The molecule has 4 aromatic carbocycles. The molecule has 3 heterocycles. The number of thiophene rings is 1. The molecule has 0 N–H and O–H groups in total. The molecule has 0 bridgehead atoms. The third-order valence-electron chi connectivity index (χ3n) is 19.9. The van der Waals surface area contributed by atoms with Gasteiger partial charge in [-0.3, -0.25) is 0 Å². The summed E-state index contributed by atoms with van der Waals surface area (Å²) in [5.74, 6) is 1.57. The Kier molecular flexibility index (Phi) is 10.8. The molecule has 3 unspecified atom stereocenters. The van der Waals surface area contributed by atoms with Gasteiger partial charge in [-0.05, 0) is 218 Å². The molecule has 0 saturated heterocycles. The third-order valence-corrected chi connectivity index (χ3v) is 21.1. The Hall–Kier alpha value is -4.54. The molecule has 5 aromatic rings. The molecule has 374 valence electrons. The van der Waals surface area contributed by atoms with Crippen LogP contribution in [-0.4, -0.2) is 6.71 Å². The van der Waals surface area contributed by atoms with Gasteiger partial charge in [0.25, 0.3) is 6.71 Å². The highest BCUT2D eigenvalue weighted by atomic mass is 32.1. The van der Waals surface area contributed by atoms with Gasteiger partial charge in [0.1, 0.15) is 0 Å². The molecular formula is C68H83BN2S. The zero-order chi connectivity index (χ0) is 51.0. The van der Waals surface area contributed by atoms with Crippen molar-refractivity contribution in [2.75, 3.05) is 9.80 Å². The molecule has 0 saturated carbocycles. The lowest BCUT2D eigenvalue weighted by molar-refractivity contribution is 0.289. The van der Waals surface area contributed by atoms with Crippen molar-refractivity contribution in [3.8, 4) is 0 Å². The molecule has 0 spiro atoms. The summed E-state index contributed by atoms with van der Waals surface area (Å²) in [5.41, 5.74) is 25.3. The fourth-order valence-electron chi connectivity index (χ4n) is 14.6. The maximum Gasteiger partial charge on any atom is 0.264 e. The number of nitrogens with zero attached hydrogens (tertiary/aromatic N) is 2. The zero-order valence-electron chi connectivity index (χ0n) is 47.1. The van der Waals surface area contributed by atoms with E-state index in [9.17, 15) is 0 Å². The largest absolute Gasteiger partial charge is 0.311 e.